The Morgan fingerprint density at radius 2 is 0.761 bits per heavy atom. The molecule has 1 amide bonds. The molecule has 0 spiro atoms. The van der Waals surface area contributed by atoms with Crippen LogP contribution in [0.25, 0.3) is 0 Å². The number of aliphatic hydroxyl groups is 8. The molecule has 2 heterocycles. The fraction of sp³-hybridized carbons (Fsp3) is 0.851. The van der Waals surface area contributed by atoms with E-state index in [1.54, 1.807) is 6.08 Å². The molecular weight excluding hydrogens is 1110 g/mol. The SMILES string of the molecule is CCCCCCC/C=C\C/C=C\CCCCCCCCCCCC(=O)NC(COC1OC(CO)C(OC2OC(CO)C(O)C(O)C2O)C(O)C1O)C(O)/C=C/CC/C=C/CC/C=C/CCCCCCCCCCCCCCCCCCCCCCCCC. The minimum atomic E-state index is -1.80. The molecule has 0 aromatic carbocycles. The van der Waals surface area contributed by atoms with Gasteiger partial charge in [-0.2, -0.15) is 0 Å². The van der Waals surface area contributed by atoms with Crippen LogP contribution < -0.4 is 5.32 Å². The first kappa shape index (κ1) is 81.8. The van der Waals surface area contributed by atoms with Crippen LogP contribution in [0.4, 0.5) is 0 Å². The fourth-order valence-electron chi connectivity index (χ4n) is 11.8. The normalized spacial score (nSPS) is 23.5. The van der Waals surface area contributed by atoms with Crippen molar-refractivity contribution in [2.24, 2.45) is 0 Å². The van der Waals surface area contributed by atoms with Crippen LogP contribution >= 0.6 is 0 Å². The smallest absolute Gasteiger partial charge is 0.220 e. The monoisotopic (exact) mass is 1250 g/mol. The Morgan fingerprint density at radius 3 is 1.18 bits per heavy atom. The molecule has 0 bridgehead atoms. The maximum atomic E-state index is 13.3. The minimum Gasteiger partial charge on any atom is -0.394 e. The van der Waals surface area contributed by atoms with Gasteiger partial charge >= 0.3 is 0 Å². The van der Waals surface area contributed by atoms with Gasteiger partial charge in [0.2, 0.25) is 5.91 Å². The zero-order valence-electron chi connectivity index (χ0n) is 56.0. The van der Waals surface area contributed by atoms with Gasteiger partial charge in [0.15, 0.2) is 12.6 Å². The van der Waals surface area contributed by atoms with Crippen LogP contribution in [0.5, 0.6) is 0 Å². The topological polar surface area (TPSA) is 228 Å². The maximum Gasteiger partial charge on any atom is 0.220 e. The highest BCUT2D eigenvalue weighted by molar-refractivity contribution is 5.76. The van der Waals surface area contributed by atoms with E-state index in [0.717, 1.165) is 57.8 Å². The van der Waals surface area contributed by atoms with Crippen molar-refractivity contribution >= 4 is 5.91 Å². The summed E-state index contributed by atoms with van der Waals surface area (Å²) in [6.45, 7) is 2.80. The van der Waals surface area contributed by atoms with E-state index < -0.39 is 86.8 Å². The van der Waals surface area contributed by atoms with Crippen LogP contribution in [0, 0.1) is 0 Å². The third-order valence-corrected chi connectivity index (χ3v) is 17.7. The number of hydrogen-bond acceptors (Lipinski definition) is 13. The third kappa shape index (κ3) is 42.0. The summed E-state index contributed by atoms with van der Waals surface area (Å²) in [4.78, 5) is 13.3. The molecule has 2 saturated heterocycles. The predicted molar refractivity (Wildman–Crippen MR) is 360 cm³/mol. The number of unbranched alkanes of at least 4 members (excludes halogenated alkanes) is 39. The second-order valence-corrected chi connectivity index (χ2v) is 25.7. The predicted octanol–water partition coefficient (Wildman–Crippen LogP) is 15.2. The molecule has 2 fully saturated rings. The van der Waals surface area contributed by atoms with Crippen molar-refractivity contribution in [2.75, 3.05) is 19.8 Å². The van der Waals surface area contributed by atoms with Crippen molar-refractivity contribution in [3.8, 4) is 0 Å². The van der Waals surface area contributed by atoms with Crippen molar-refractivity contribution in [1.82, 2.24) is 5.32 Å². The van der Waals surface area contributed by atoms with Crippen molar-refractivity contribution in [3.05, 3.63) is 60.8 Å². The number of ether oxygens (including phenoxy) is 4. The summed E-state index contributed by atoms with van der Waals surface area (Å²) in [7, 11) is 0. The second-order valence-electron chi connectivity index (χ2n) is 25.7. The van der Waals surface area contributed by atoms with Gasteiger partial charge in [-0.15, -0.1) is 0 Å². The minimum absolute atomic E-state index is 0.256. The van der Waals surface area contributed by atoms with E-state index >= 15 is 0 Å². The van der Waals surface area contributed by atoms with Crippen molar-refractivity contribution < 1.29 is 64.6 Å². The molecule has 0 aromatic rings. The molecule has 12 unspecified atom stereocenters. The lowest BCUT2D eigenvalue weighted by Crippen LogP contribution is -2.65. The summed E-state index contributed by atoms with van der Waals surface area (Å²) in [6.07, 6.45) is 61.5. The van der Waals surface area contributed by atoms with Gasteiger partial charge < -0.3 is 65.1 Å². The lowest BCUT2D eigenvalue weighted by Gasteiger charge is -2.46. The number of nitrogens with one attached hydrogen (secondary N) is 1. The summed E-state index contributed by atoms with van der Waals surface area (Å²) in [5.74, 6) is -0.256. The first-order chi connectivity index (χ1) is 43.1. The molecule has 14 heteroatoms. The zero-order valence-corrected chi connectivity index (χ0v) is 56.0. The highest BCUT2D eigenvalue weighted by atomic mass is 16.7. The number of amides is 1. The third-order valence-electron chi connectivity index (χ3n) is 17.7. The van der Waals surface area contributed by atoms with Crippen LogP contribution in [0.3, 0.4) is 0 Å². The molecule has 0 saturated carbocycles. The van der Waals surface area contributed by atoms with Crippen molar-refractivity contribution in [2.45, 2.75) is 383 Å². The standard InChI is InChI=1S/C74H135NO13/c1-3-5-7-9-11-13-15-17-19-21-23-25-26-27-28-29-30-31-32-33-34-35-36-38-39-41-43-45-47-49-51-53-55-57-63(78)62(61-85-73-71(84)69(82)72(65(60-77)87-73)88-74-70(83)68(81)67(80)64(59-76)86-74)75-66(79)58-56-54-52-50-48-46-44-42-40-37-24-22-20-18-16-14-12-10-8-6-4-2/h16,18,22,24,39,41,47,49,55,57,62-65,67-74,76-78,80-84H,3-15,17,19-21,23,25-38,40,42-46,48,50-54,56,58-61H2,1-2H3,(H,75,79)/b18-16-,24-22-,41-39+,49-47+,57-55+. The average molecular weight is 1250 g/mol. The van der Waals surface area contributed by atoms with Gasteiger partial charge in [-0.05, 0) is 77.0 Å². The summed E-state index contributed by atoms with van der Waals surface area (Å²) in [5, 5.41) is 87.4. The lowest BCUT2D eigenvalue weighted by molar-refractivity contribution is -0.359. The van der Waals surface area contributed by atoms with E-state index in [1.165, 1.54) is 218 Å². The number of aliphatic hydroxyl groups excluding tert-OH is 8. The molecule has 0 aromatic heterocycles. The van der Waals surface area contributed by atoms with Crippen LogP contribution in [0.1, 0.15) is 309 Å². The van der Waals surface area contributed by atoms with Crippen molar-refractivity contribution in [3.63, 3.8) is 0 Å². The van der Waals surface area contributed by atoms with Gasteiger partial charge in [-0.1, -0.05) is 286 Å². The van der Waals surface area contributed by atoms with E-state index in [-0.39, 0.29) is 18.9 Å². The van der Waals surface area contributed by atoms with Gasteiger partial charge in [-0.25, -0.2) is 0 Å². The number of carbonyl (C=O) groups is 1. The molecule has 0 aliphatic carbocycles. The Morgan fingerprint density at radius 1 is 0.409 bits per heavy atom. The maximum absolute atomic E-state index is 13.3. The summed E-state index contributed by atoms with van der Waals surface area (Å²) in [6, 6.07) is -0.944. The van der Waals surface area contributed by atoms with E-state index in [1.807, 2.05) is 6.08 Å². The van der Waals surface area contributed by atoms with Crippen LogP contribution in [-0.4, -0.2) is 140 Å². The van der Waals surface area contributed by atoms with Crippen LogP contribution in [0.2, 0.25) is 0 Å². The first-order valence-corrected chi connectivity index (χ1v) is 36.5. The molecule has 88 heavy (non-hydrogen) atoms. The van der Waals surface area contributed by atoms with Gasteiger partial charge in [0.05, 0.1) is 32.0 Å². The summed E-state index contributed by atoms with van der Waals surface area (Å²) in [5.41, 5.74) is 0. The molecule has 0 radical (unpaired) electrons. The highest BCUT2D eigenvalue weighted by Gasteiger charge is 2.51. The molecular formula is C74H135NO13. The van der Waals surface area contributed by atoms with E-state index in [0.29, 0.717) is 12.8 Å². The molecule has 14 nitrogen and oxygen atoms in total. The van der Waals surface area contributed by atoms with Gasteiger partial charge in [-0.3, -0.25) is 4.79 Å². The highest BCUT2D eigenvalue weighted by Crippen LogP contribution is 2.30. The molecule has 12 atom stereocenters. The lowest BCUT2D eigenvalue weighted by atomic mass is 9.97. The second kappa shape index (κ2) is 58.5. The first-order valence-electron chi connectivity index (χ1n) is 36.5. The fourth-order valence-corrected chi connectivity index (χ4v) is 11.8. The Labute approximate surface area is 536 Å². The summed E-state index contributed by atoms with van der Waals surface area (Å²) < 4.78 is 22.8. The van der Waals surface area contributed by atoms with Gasteiger partial charge in [0.25, 0.3) is 0 Å². The molecule has 2 aliphatic rings. The molecule has 514 valence electrons. The van der Waals surface area contributed by atoms with Gasteiger partial charge in [0.1, 0.15) is 48.8 Å². The Kier molecular flexibility index (Phi) is 54.4. The van der Waals surface area contributed by atoms with Gasteiger partial charge in [0, 0.05) is 6.42 Å². The number of carbonyl (C=O) groups excluding carboxylic acids is 1. The number of allylic oxidation sites excluding steroid dienone is 9. The summed E-state index contributed by atoms with van der Waals surface area (Å²) >= 11 is 0. The van der Waals surface area contributed by atoms with Crippen molar-refractivity contribution in [1.29, 1.82) is 0 Å². The molecule has 2 aliphatic heterocycles. The largest absolute Gasteiger partial charge is 0.394 e. The van der Waals surface area contributed by atoms with E-state index in [2.05, 4.69) is 67.8 Å². The van der Waals surface area contributed by atoms with Crippen LogP contribution in [0.15, 0.2) is 60.8 Å². The Bertz CT molecular complexity index is 1710. The molecule has 9 N–H and O–H groups in total. The quantitative estimate of drug-likeness (QED) is 0.0204. The average Bonchev–Trinajstić information content (AvgIpc) is 2.01. The number of rotatable bonds is 60. The van der Waals surface area contributed by atoms with Crippen LogP contribution in [-0.2, 0) is 23.7 Å². The Hall–Kier alpha value is -2.31. The van der Waals surface area contributed by atoms with E-state index in [9.17, 15) is 45.6 Å². The number of hydrogen-bond donors (Lipinski definition) is 9. The molecule has 2 rings (SSSR count). The van der Waals surface area contributed by atoms with E-state index in [4.69, 9.17) is 18.9 Å². The Balaban J connectivity index is 1.68. The zero-order chi connectivity index (χ0) is 63.8.